The van der Waals surface area contributed by atoms with E-state index in [-0.39, 0.29) is 23.8 Å². The van der Waals surface area contributed by atoms with Gasteiger partial charge in [-0.3, -0.25) is 19.2 Å². The van der Waals surface area contributed by atoms with Crippen molar-refractivity contribution in [2.24, 2.45) is 18.7 Å². The molecule has 0 atom stereocenters. The second kappa shape index (κ2) is 9.39. The van der Waals surface area contributed by atoms with E-state index in [2.05, 4.69) is 40.4 Å². The van der Waals surface area contributed by atoms with Crippen LogP contribution in [0.25, 0.3) is 10.9 Å². The number of nitrogens with one attached hydrogen (secondary N) is 1. The van der Waals surface area contributed by atoms with Crippen molar-refractivity contribution in [3.8, 4) is 0 Å². The van der Waals surface area contributed by atoms with E-state index in [1.54, 1.807) is 0 Å². The summed E-state index contributed by atoms with van der Waals surface area (Å²) in [5, 5.41) is 9.07. The van der Waals surface area contributed by atoms with Crippen molar-refractivity contribution in [1.82, 2.24) is 20.0 Å². The summed E-state index contributed by atoms with van der Waals surface area (Å²) < 4.78 is 1.93. The molecule has 1 saturated carbocycles. The molecule has 2 fully saturated rings. The van der Waals surface area contributed by atoms with Crippen molar-refractivity contribution < 1.29 is 9.59 Å². The van der Waals surface area contributed by atoms with Gasteiger partial charge in [0.2, 0.25) is 11.8 Å². The highest BCUT2D eigenvalue weighted by atomic mass is 16.2. The number of carbonyl (C=O) groups is 2. The molecule has 4 rings (SSSR count). The Hall–Kier alpha value is -2.41. The predicted molar refractivity (Wildman–Crippen MR) is 121 cm³/mol. The number of likely N-dealkylation sites (tertiary alicyclic amines) is 1. The molecule has 1 aromatic heterocycles. The predicted octanol–water partition coefficient (Wildman–Crippen LogP) is 2.30. The van der Waals surface area contributed by atoms with Crippen molar-refractivity contribution in [3.05, 3.63) is 29.5 Å². The molecule has 7 nitrogen and oxygen atoms in total. The number of aryl methyl sites for hydroxylation is 3. The smallest absolute Gasteiger partial charge is 0.220 e. The van der Waals surface area contributed by atoms with Crippen LogP contribution in [-0.2, 0) is 29.5 Å². The molecule has 0 radical (unpaired) electrons. The summed E-state index contributed by atoms with van der Waals surface area (Å²) in [6.07, 6.45) is 7.03. The summed E-state index contributed by atoms with van der Waals surface area (Å²) in [4.78, 5) is 26.2. The van der Waals surface area contributed by atoms with E-state index >= 15 is 0 Å². The van der Waals surface area contributed by atoms with Crippen LogP contribution in [0.1, 0.15) is 56.7 Å². The molecular formula is C24H35N5O2. The average Bonchev–Trinajstić information content (AvgIpc) is 3.05. The minimum absolute atomic E-state index is 0.0535. The van der Waals surface area contributed by atoms with E-state index < -0.39 is 0 Å². The number of nitrogens with two attached hydrogens (primary N) is 1. The fourth-order valence-corrected chi connectivity index (χ4v) is 5.13. The van der Waals surface area contributed by atoms with Crippen molar-refractivity contribution in [2.75, 3.05) is 13.1 Å². The molecule has 2 heterocycles. The molecule has 168 valence electrons. The van der Waals surface area contributed by atoms with Crippen molar-refractivity contribution in [3.63, 3.8) is 0 Å². The monoisotopic (exact) mass is 425 g/mol. The molecule has 1 aromatic carbocycles. The first kappa shape index (κ1) is 21.8. The quantitative estimate of drug-likeness (QED) is 0.679. The Morgan fingerprint density at radius 3 is 2.61 bits per heavy atom. The van der Waals surface area contributed by atoms with Crippen LogP contribution < -0.4 is 11.1 Å². The first-order valence-electron chi connectivity index (χ1n) is 11.7. The van der Waals surface area contributed by atoms with E-state index in [0.717, 1.165) is 69.2 Å². The molecule has 0 spiro atoms. The number of rotatable bonds is 8. The summed E-state index contributed by atoms with van der Waals surface area (Å²) in [6.45, 7) is 4.00. The molecular weight excluding hydrogens is 390 g/mol. The number of carbonyl (C=O) groups excluding carboxylic acids is 2. The zero-order valence-electron chi connectivity index (χ0n) is 18.8. The van der Waals surface area contributed by atoms with Crippen LogP contribution in [0.5, 0.6) is 0 Å². The van der Waals surface area contributed by atoms with Crippen LogP contribution in [0.2, 0.25) is 0 Å². The van der Waals surface area contributed by atoms with Crippen LogP contribution in [0.15, 0.2) is 18.2 Å². The number of amides is 2. The lowest BCUT2D eigenvalue weighted by atomic mass is 9.83. The first-order chi connectivity index (χ1) is 14.9. The lowest BCUT2D eigenvalue weighted by molar-refractivity contribution is -0.125. The summed E-state index contributed by atoms with van der Waals surface area (Å²) in [5.74, 6) is 0.0334. The molecule has 3 N–H and O–H groups in total. The Kier molecular flexibility index (Phi) is 6.60. The topological polar surface area (TPSA) is 93.2 Å². The standard InChI is InChI=1S/C24H35N5O2/c1-3-16-7-12-22-20(13-16)21(27-28(22)2)5-4-6-23(30)26-18-14-29(15-18)19-10-8-17(9-11-19)24(25)31/h7,12-13,17-19H,3-6,8-11,14-15H2,1-2H3,(H2,25,31)(H,26,30). The van der Waals surface area contributed by atoms with Crippen LogP contribution >= 0.6 is 0 Å². The van der Waals surface area contributed by atoms with E-state index in [0.29, 0.717) is 12.5 Å². The number of primary amides is 1. The maximum Gasteiger partial charge on any atom is 0.220 e. The first-order valence-corrected chi connectivity index (χ1v) is 11.7. The van der Waals surface area contributed by atoms with Crippen molar-refractivity contribution in [1.29, 1.82) is 0 Å². The molecule has 31 heavy (non-hydrogen) atoms. The minimum Gasteiger partial charge on any atom is -0.369 e. The molecule has 2 amide bonds. The summed E-state index contributed by atoms with van der Waals surface area (Å²) in [6, 6.07) is 7.32. The zero-order chi connectivity index (χ0) is 22.0. The molecule has 1 saturated heterocycles. The third kappa shape index (κ3) is 4.92. The molecule has 2 aliphatic rings. The van der Waals surface area contributed by atoms with Crippen LogP contribution in [0.4, 0.5) is 0 Å². The molecule has 1 aliphatic carbocycles. The van der Waals surface area contributed by atoms with E-state index in [4.69, 9.17) is 5.73 Å². The van der Waals surface area contributed by atoms with Crippen molar-refractivity contribution in [2.45, 2.75) is 70.4 Å². The van der Waals surface area contributed by atoms with Gasteiger partial charge in [0.15, 0.2) is 0 Å². The molecule has 2 aromatic rings. The van der Waals surface area contributed by atoms with Gasteiger partial charge in [-0.25, -0.2) is 0 Å². The van der Waals surface area contributed by atoms with E-state index in [1.165, 1.54) is 10.9 Å². The van der Waals surface area contributed by atoms with E-state index in [9.17, 15) is 9.59 Å². The van der Waals surface area contributed by atoms with Crippen LogP contribution in [-0.4, -0.2) is 51.7 Å². The summed E-state index contributed by atoms with van der Waals surface area (Å²) in [5.41, 5.74) is 8.98. The third-order valence-electron chi connectivity index (χ3n) is 7.11. The molecule has 0 bridgehead atoms. The van der Waals surface area contributed by atoms with Crippen LogP contribution in [0.3, 0.4) is 0 Å². The van der Waals surface area contributed by atoms with Gasteiger partial charge in [0.25, 0.3) is 0 Å². The Bertz CT molecular complexity index is 939. The maximum absolute atomic E-state index is 12.4. The number of hydrogen-bond donors (Lipinski definition) is 2. The number of hydrogen-bond acceptors (Lipinski definition) is 4. The van der Waals surface area contributed by atoms with E-state index in [1.807, 2.05) is 11.7 Å². The number of nitrogens with zero attached hydrogens (tertiary/aromatic N) is 3. The SMILES string of the molecule is CCc1ccc2c(c1)c(CCCC(=O)NC1CN(C3CCC(C(N)=O)CC3)C1)nn2C. The lowest BCUT2D eigenvalue weighted by Gasteiger charge is -2.46. The largest absolute Gasteiger partial charge is 0.369 e. The fourth-order valence-electron chi connectivity index (χ4n) is 5.13. The number of fused-ring (bicyclic) bond motifs is 1. The average molecular weight is 426 g/mol. The van der Waals surface area contributed by atoms with Gasteiger partial charge < -0.3 is 11.1 Å². The Morgan fingerprint density at radius 1 is 1.19 bits per heavy atom. The molecule has 7 heteroatoms. The number of benzene rings is 1. The van der Waals surface area contributed by atoms with Gasteiger partial charge in [0, 0.05) is 43.9 Å². The summed E-state index contributed by atoms with van der Waals surface area (Å²) >= 11 is 0. The second-order valence-electron chi connectivity index (χ2n) is 9.26. The second-order valence-corrected chi connectivity index (χ2v) is 9.26. The number of aromatic nitrogens is 2. The van der Waals surface area contributed by atoms with Gasteiger partial charge in [-0.1, -0.05) is 13.0 Å². The van der Waals surface area contributed by atoms with Gasteiger partial charge in [0.1, 0.15) is 0 Å². The Labute approximate surface area is 184 Å². The normalized spacial score (nSPS) is 22.4. The van der Waals surface area contributed by atoms with Gasteiger partial charge in [-0.2, -0.15) is 5.10 Å². The third-order valence-corrected chi connectivity index (χ3v) is 7.11. The zero-order valence-corrected chi connectivity index (χ0v) is 18.8. The highest BCUT2D eigenvalue weighted by Gasteiger charge is 2.35. The lowest BCUT2D eigenvalue weighted by Crippen LogP contribution is -2.62. The Morgan fingerprint density at radius 2 is 1.94 bits per heavy atom. The highest BCUT2D eigenvalue weighted by molar-refractivity contribution is 5.83. The summed E-state index contributed by atoms with van der Waals surface area (Å²) in [7, 11) is 1.98. The van der Waals surface area contributed by atoms with Gasteiger partial charge >= 0.3 is 0 Å². The van der Waals surface area contributed by atoms with Gasteiger partial charge in [-0.05, 0) is 62.6 Å². The van der Waals surface area contributed by atoms with Crippen LogP contribution in [0, 0.1) is 5.92 Å². The fraction of sp³-hybridized carbons (Fsp3) is 0.625. The van der Waals surface area contributed by atoms with Gasteiger partial charge in [-0.15, -0.1) is 0 Å². The maximum atomic E-state index is 12.4. The van der Waals surface area contributed by atoms with Gasteiger partial charge in [0.05, 0.1) is 17.3 Å². The van der Waals surface area contributed by atoms with Crippen molar-refractivity contribution >= 4 is 22.7 Å². The highest BCUT2D eigenvalue weighted by Crippen LogP contribution is 2.30. The molecule has 0 unspecified atom stereocenters. The minimum atomic E-state index is -0.156. The molecule has 1 aliphatic heterocycles. The Balaban J connectivity index is 1.18.